The Morgan fingerprint density at radius 3 is 3.05 bits per heavy atom. The molecule has 2 atom stereocenters. The van der Waals surface area contributed by atoms with E-state index in [4.69, 9.17) is 4.74 Å². The average Bonchev–Trinajstić information content (AvgIpc) is 2.99. The second kappa shape index (κ2) is 5.39. The fraction of sp³-hybridized carbons (Fsp3) is 0.471. The zero-order valence-corrected chi connectivity index (χ0v) is 12.3. The molecule has 4 rings (SSSR count). The van der Waals surface area contributed by atoms with Gasteiger partial charge in [-0.05, 0) is 31.0 Å². The molecule has 1 saturated heterocycles. The van der Waals surface area contributed by atoms with E-state index < -0.39 is 0 Å². The van der Waals surface area contributed by atoms with E-state index in [-0.39, 0.29) is 23.9 Å². The summed E-state index contributed by atoms with van der Waals surface area (Å²) < 4.78 is 19.6. The Bertz CT molecular complexity index is 710. The van der Waals surface area contributed by atoms with E-state index in [1.807, 2.05) is 4.90 Å². The quantitative estimate of drug-likeness (QED) is 0.880. The molecule has 2 heterocycles. The number of hydrogen-bond acceptors (Lipinski definition) is 2. The van der Waals surface area contributed by atoms with Gasteiger partial charge in [-0.15, -0.1) is 0 Å². The van der Waals surface area contributed by atoms with Crippen molar-refractivity contribution in [1.82, 2.24) is 9.88 Å². The summed E-state index contributed by atoms with van der Waals surface area (Å²) in [5.74, 6) is -0.346. The third-order valence-corrected chi connectivity index (χ3v) is 4.83. The minimum Gasteiger partial charge on any atom is -0.374 e. The molecule has 2 fully saturated rings. The summed E-state index contributed by atoms with van der Waals surface area (Å²) in [5.41, 5.74) is 1.13. The molecule has 22 heavy (non-hydrogen) atoms. The monoisotopic (exact) mass is 302 g/mol. The minimum absolute atomic E-state index is 0.0456. The lowest BCUT2D eigenvalue weighted by molar-refractivity contribution is -0.0754. The third-order valence-electron chi connectivity index (χ3n) is 4.83. The van der Waals surface area contributed by atoms with Gasteiger partial charge in [0.1, 0.15) is 11.5 Å². The van der Waals surface area contributed by atoms with Crippen LogP contribution in [0.25, 0.3) is 10.9 Å². The number of carbonyl (C=O) groups excluding carboxylic acids is 1. The number of nitrogens with zero attached hydrogens (tertiary/aromatic N) is 1. The molecule has 1 aliphatic carbocycles. The number of nitrogens with one attached hydrogen (secondary N) is 1. The highest BCUT2D eigenvalue weighted by Gasteiger charge is 2.37. The molecular formula is C17H19FN2O2. The van der Waals surface area contributed by atoms with Gasteiger partial charge in [0.05, 0.1) is 18.8 Å². The summed E-state index contributed by atoms with van der Waals surface area (Å²) in [6.45, 7) is 1.19. The maximum Gasteiger partial charge on any atom is 0.270 e. The Morgan fingerprint density at radius 2 is 2.18 bits per heavy atom. The lowest BCUT2D eigenvalue weighted by Crippen LogP contribution is -2.54. The van der Waals surface area contributed by atoms with Crippen molar-refractivity contribution in [2.45, 2.75) is 37.8 Å². The van der Waals surface area contributed by atoms with Gasteiger partial charge >= 0.3 is 0 Å². The molecule has 1 N–H and O–H groups in total. The van der Waals surface area contributed by atoms with Crippen LogP contribution >= 0.6 is 0 Å². The topological polar surface area (TPSA) is 45.3 Å². The summed E-state index contributed by atoms with van der Waals surface area (Å²) in [4.78, 5) is 17.8. The Balaban J connectivity index is 1.65. The summed E-state index contributed by atoms with van der Waals surface area (Å²) in [6, 6.07) is 6.63. The summed E-state index contributed by atoms with van der Waals surface area (Å²) in [5, 5.41) is 0.472. The smallest absolute Gasteiger partial charge is 0.270 e. The molecule has 1 aromatic carbocycles. The van der Waals surface area contributed by atoms with E-state index in [1.54, 1.807) is 18.2 Å². The van der Waals surface area contributed by atoms with Crippen molar-refractivity contribution in [3.8, 4) is 0 Å². The van der Waals surface area contributed by atoms with Gasteiger partial charge < -0.3 is 14.6 Å². The standard InChI is InChI=1S/C17H19FN2O2/c18-12-4-3-5-13-11(12)10-14(19-13)17(21)20-8-9-22-16-7-2-1-6-15(16)20/h3-5,10,15-16,19H,1-2,6-9H2/t15-,16+/m0/s1. The molecule has 1 amide bonds. The SMILES string of the molecule is O=C(c1cc2c(F)cccc2[nH]1)N1CCO[C@@H]2CCCC[C@@H]21. The molecule has 0 radical (unpaired) electrons. The van der Waals surface area contributed by atoms with Crippen LogP contribution in [0, 0.1) is 5.82 Å². The van der Waals surface area contributed by atoms with Gasteiger partial charge in [0.25, 0.3) is 5.91 Å². The molecule has 0 spiro atoms. The fourth-order valence-corrected chi connectivity index (χ4v) is 3.74. The lowest BCUT2D eigenvalue weighted by Gasteiger charge is -2.43. The van der Waals surface area contributed by atoms with E-state index >= 15 is 0 Å². The van der Waals surface area contributed by atoms with Crippen molar-refractivity contribution in [2.75, 3.05) is 13.2 Å². The van der Waals surface area contributed by atoms with Crippen molar-refractivity contribution in [2.24, 2.45) is 0 Å². The molecule has 1 aromatic heterocycles. The van der Waals surface area contributed by atoms with Crippen molar-refractivity contribution in [3.05, 3.63) is 35.8 Å². The fourth-order valence-electron chi connectivity index (χ4n) is 3.74. The van der Waals surface area contributed by atoms with E-state index in [1.165, 1.54) is 12.5 Å². The Labute approximate surface area is 128 Å². The molecule has 1 saturated carbocycles. The van der Waals surface area contributed by atoms with Gasteiger partial charge in [-0.1, -0.05) is 18.9 Å². The predicted octanol–water partition coefficient (Wildman–Crippen LogP) is 3.09. The van der Waals surface area contributed by atoms with Crippen LogP contribution < -0.4 is 0 Å². The van der Waals surface area contributed by atoms with Crippen molar-refractivity contribution >= 4 is 16.8 Å². The maximum atomic E-state index is 13.8. The summed E-state index contributed by atoms with van der Waals surface area (Å²) in [7, 11) is 0. The normalized spacial score (nSPS) is 25.2. The van der Waals surface area contributed by atoms with Crippen LogP contribution in [0.4, 0.5) is 4.39 Å². The van der Waals surface area contributed by atoms with Crippen LogP contribution in [0.1, 0.15) is 36.2 Å². The number of rotatable bonds is 1. The first-order chi connectivity index (χ1) is 10.7. The number of aromatic nitrogens is 1. The number of H-pyrrole nitrogens is 1. The molecule has 116 valence electrons. The van der Waals surface area contributed by atoms with Gasteiger partial charge in [-0.3, -0.25) is 4.79 Å². The summed E-state index contributed by atoms with van der Waals surface area (Å²) >= 11 is 0. The van der Waals surface area contributed by atoms with Gasteiger partial charge in [-0.25, -0.2) is 4.39 Å². The number of amides is 1. The lowest BCUT2D eigenvalue weighted by atomic mass is 9.90. The molecule has 0 unspecified atom stereocenters. The van der Waals surface area contributed by atoms with Crippen LogP contribution in [-0.4, -0.2) is 41.1 Å². The predicted molar refractivity (Wildman–Crippen MR) is 81.3 cm³/mol. The van der Waals surface area contributed by atoms with Crippen LogP contribution in [0.5, 0.6) is 0 Å². The molecule has 4 nitrogen and oxygen atoms in total. The zero-order chi connectivity index (χ0) is 15.1. The number of halogens is 1. The van der Waals surface area contributed by atoms with Gasteiger partial charge in [0.2, 0.25) is 0 Å². The van der Waals surface area contributed by atoms with Gasteiger partial charge in [0, 0.05) is 17.4 Å². The number of carbonyl (C=O) groups is 1. The van der Waals surface area contributed by atoms with E-state index in [0.29, 0.717) is 29.7 Å². The highest BCUT2D eigenvalue weighted by molar-refractivity contribution is 5.98. The largest absolute Gasteiger partial charge is 0.374 e. The molecule has 2 aromatic rings. The van der Waals surface area contributed by atoms with Crippen LogP contribution in [0.3, 0.4) is 0 Å². The summed E-state index contributed by atoms with van der Waals surface area (Å²) in [6.07, 6.45) is 4.48. The van der Waals surface area contributed by atoms with E-state index in [9.17, 15) is 9.18 Å². The average molecular weight is 302 g/mol. The molecule has 1 aliphatic heterocycles. The van der Waals surface area contributed by atoms with Crippen LogP contribution in [0.15, 0.2) is 24.3 Å². The first-order valence-electron chi connectivity index (χ1n) is 7.94. The van der Waals surface area contributed by atoms with Gasteiger partial charge in [-0.2, -0.15) is 0 Å². The number of aromatic amines is 1. The zero-order valence-electron chi connectivity index (χ0n) is 12.3. The van der Waals surface area contributed by atoms with Crippen molar-refractivity contribution in [3.63, 3.8) is 0 Å². The van der Waals surface area contributed by atoms with Crippen LogP contribution in [-0.2, 0) is 4.74 Å². The first kappa shape index (κ1) is 13.8. The third kappa shape index (κ3) is 2.20. The second-order valence-corrected chi connectivity index (χ2v) is 6.14. The van der Waals surface area contributed by atoms with E-state index in [2.05, 4.69) is 4.98 Å². The minimum atomic E-state index is -0.301. The van der Waals surface area contributed by atoms with Crippen molar-refractivity contribution in [1.29, 1.82) is 0 Å². The number of ether oxygens (including phenoxy) is 1. The number of hydrogen-bond donors (Lipinski definition) is 1. The Kier molecular flexibility index (Phi) is 3.37. The van der Waals surface area contributed by atoms with Gasteiger partial charge in [0.15, 0.2) is 0 Å². The Hall–Kier alpha value is -1.88. The second-order valence-electron chi connectivity index (χ2n) is 6.14. The number of morpholine rings is 1. The van der Waals surface area contributed by atoms with E-state index in [0.717, 1.165) is 19.3 Å². The molecular weight excluding hydrogens is 283 g/mol. The number of fused-ring (bicyclic) bond motifs is 2. The molecule has 5 heteroatoms. The first-order valence-corrected chi connectivity index (χ1v) is 7.94. The molecule has 0 bridgehead atoms. The number of benzene rings is 1. The van der Waals surface area contributed by atoms with Crippen LogP contribution in [0.2, 0.25) is 0 Å². The Morgan fingerprint density at radius 1 is 1.32 bits per heavy atom. The highest BCUT2D eigenvalue weighted by Crippen LogP contribution is 2.30. The molecule has 2 aliphatic rings. The van der Waals surface area contributed by atoms with Crippen molar-refractivity contribution < 1.29 is 13.9 Å². The maximum absolute atomic E-state index is 13.8. The highest BCUT2D eigenvalue weighted by atomic mass is 19.1.